The number of para-hydroxylation sites is 1. The Labute approximate surface area is 301 Å². The Morgan fingerprint density at radius 2 is 0.769 bits per heavy atom. The van der Waals surface area contributed by atoms with Crippen LogP contribution in [0.4, 0.5) is 17.1 Å². The quantitative estimate of drug-likeness (QED) is 0.182. The number of benzene rings is 9. The lowest BCUT2D eigenvalue weighted by molar-refractivity contribution is 0.669. The van der Waals surface area contributed by atoms with Gasteiger partial charge in [-0.1, -0.05) is 109 Å². The number of anilines is 3. The minimum atomic E-state index is 0.912. The Morgan fingerprint density at radius 1 is 0.288 bits per heavy atom. The van der Waals surface area contributed by atoms with Gasteiger partial charge in [-0.15, -0.1) is 0 Å². The van der Waals surface area contributed by atoms with Crippen LogP contribution in [-0.4, -0.2) is 0 Å². The molecule has 2 heteroatoms. The minimum Gasteiger partial charge on any atom is -0.456 e. The molecule has 1 aromatic heterocycles. The average molecular weight is 662 g/mol. The topological polar surface area (TPSA) is 16.4 Å². The van der Waals surface area contributed by atoms with Gasteiger partial charge in [0.2, 0.25) is 0 Å². The van der Waals surface area contributed by atoms with Gasteiger partial charge in [0.15, 0.2) is 0 Å². The van der Waals surface area contributed by atoms with Gasteiger partial charge < -0.3 is 9.32 Å². The van der Waals surface area contributed by atoms with E-state index in [1.807, 2.05) is 12.1 Å². The van der Waals surface area contributed by atoms with Crippen LogP contribution in [-0.2, 0) is 0 Å². The van der Waals surface area contributed by atoms with E-state index in [2.05, 4.69) is 181 Å². The smallest absolute Gasteiger partial charge is 0.135 e. The SMILES string of the molecule is c1ccc(-c2ccc(N(c3ccc(-c4ccc5oc6ccccc6c5c4)cc3)c3ccc4cc5c(cc4c3)-c3cc4ccccc4cc3-5)cc2)cc1. The summed E-state index contributed by atoms with van der Waals surface area (Å²) in [5.41, 5.74) is 15.3. The molecule has 1 aliphatic rings. The summed E-state index contributed by atoms with van der Waals surface area (Å²) in [5, 5.41) is 7.34. The molecule has 9 aromatic carbocycles. The fourth-order valence-corrected chi connectivity index (χ4v) is 8.08. The largest absolute Gasteiger partial charge is 0.456 e. The fourth-order valence-electron chi connectivity index (χ4n) is 8.08. The van der Waals surface area contributed by atoms with E-state index in [1.165, 1.54) is 66.1 Å². The molecule has 0 saturated carbocycles. The van der Waals surface area contributed by atoms with Crippen molar-refractivity contribution in [1.82, 2.24) is 0 Å². The molecule has 242 valence electrons. The van der Waals surface area contributed by atoms with Crippen LogP contribution in [0.15, 0.2) is 192 Å². The van der Waals surface area contributed by atoms with E-state index in [0.717, 1.165) is 39.0 Å². The molecule has 1 heterocycles. The van der Waals surface area contributed by atoms with Crippen molar-refractivity contribution in [3.63, 3.8) is 0 Å². The molecule has 0 fully saturated rings. The van der Waals surface area contributed by atoms with Crippen molar-refractivity contribution in [3.8, 4) is 44.5 Å². The van der Waals surface area contributed by atoms with Crippen molar-refractivity contribution in [3.05, 3.63) is 188 Å². The molecular weight excluding hydrogens is 631 g/mol. The zero-order valence-corrected chi connectivity index (χ0v) is 28.3. The standard InChI is InChI=1S/C50H31NO/c1-2-8-32(9-3-1)33-14-20-40(21-15-33)51(41-22-16-34(17-23-41)37-19-25-50-48(30-37)43-12-6-7-13-49(43)52-50)42-24-18-38-29-46-44-27-35-10-4-5-11-36(35)28-45(44)47(46)31-39(38)26-42/h1-31H. The van der Waals surface area contributed by atoms with Crippen LogP contribution in [0.2, 0.25) is 0 Å². The molecule has 0 radical (unpaired) electrons. The van der Waals surface area contributed by atoms with Gasteiger partial charge in [0.05, 0.1) is 0 Å². The maximum atomic E-state index is 6.10. The van der Waals surface area contributed by atoms with Crippen molar-refractivity contribution < 1.29 is 4.42 Å². The highest BCUT2D eigenvalue weighted by Crippen LogP contribution is 2.51. The fraction of sp³-hybridized carbons (Fsp3) is 0. The second-order valence-corrected chi connectivity index (χ2v) is 13.8. The second-order valence-electron chi connectivity index (χ2n) is 13.8. The normalized spacial score (nSPS) is 11.8. The molecular formula is C50H31NO. The summed E-state index contributed by atoms with van der Waals surface area (Å²) in [6, 6.07) is 68.1. The molecule has 10 aromatic rings. The van der Waals surface area contributed by atoms with Gasteiger partial charge in [0, 0.05) is 27.8 Å². The molecule has 11 rings (SSSR count). The Kier molecular flexibility index (Phi) is 6.28. The highest BCUT2D eigenvalue weighted by atomic mass is 16.3. The molecule has 0 spiro atoms. The van der Waals surface area contributed by atoms with Gasteiger partial charge in [-0.3, -0.25) is 0 Å². The zero-order valence-electron chi connectivity index (χ0n) is 28.3. The molecule has 0 aliphatic heterocycles. The third kappa shape index (κ3) is 4.58. The van der Waals surface area contributed by atoms with Crippen molar-refractivity contribution in [1.29, 1.82) is 0 Å². The van der Waals surface area contributed by atoms with Crippen molar-refractivity contribution >= 4 is 60.5 Å². The Morgan fingerprint density at radius 3 is 1.44 bits per heavy atom. The first-order chi connectivity index (χ1) is 25.7. The number of hydrogen-bond acceptors (Lipinski definition) is 2. The summed E-state index contributed by atoms with van der Waals surface area (Å²) in [7, 11) is 0. The van der Waals surface area contributed by atoms with Gasteiger partial charge in [-0.25, -0.2) is 0 Å². The van der Waals surface area contributed by atoms with Gasteiger partial charge >= 0.3 is 0 Å². The first kappa shape index (κ1) is 28.9. The van der Waals surface area contributed by atoms with Gasteiger partial charge in [0.1, 0.15) is 11.2 Å². The second kappa shape index (κ2) is 11.3. The van der Waals surface area contributed by atoms with Crippen molar-refractivity contribution in [2.24, 2.45) is 0 Å². The molecule has 0 atom stereocenters. The number of rotatable bonds is 5. The third-order valence-electron chi connectivity index (χ3n) is 10.8. The zero-order chi connectivity index (χ0) is 34.2. The third-order valence-corrected chi connectivity index (χ3v) is 10.8. The van der Waals surface area contributed by atoms with E-state index < -0.39 is 0 Å². The summed E-state index contributed by atoms with van der Waals surface area (Å²) in [4.78, 5) is 2.37. The van der Waals surface area contributed by atoms with Crippen LogP contribution < -0.4 is 4.90 Å². The number of hydrogen-bond donors (Lipinski definition) is 0. The molecule has 0 bridgehead atoms. The Bertz CT molecular complexity index is 2990. The van der Waals surface area contributed by atoms with Crippen molar-refractivity contribution in [2.45, 2.75) is 0 Å². The first-order valence-electron chi connectivity index (χ1n) is 17.8. The van der Waals surface area contributed by atoms with E-state index in [4.69, 9.17) is 4.42 Å². The predicted octanol–water partition coefficient (Wildman–Crippen LogP) is 14.3. The first-order valence-corrected chi connectivity index (χ1v) is 17.8. The van der Waals surface area contributed by atoms with Crippen LogP contribution in [0.5, 0.6) is 0 Å². The molecule has 0 N–H and O–H groups in total. The van der Waals surface area contributed by atoms with Crippen LogP contribution in [0, 0.1) is 0 Å². The van der Waals surface area contributed by atoms with Crippen LogP contribution >= 0.6 is 0 Å². The Balaban J connectivity index is 1.01. The van der Waals surface area contributed by atoms with E-state index in [9.17, 15) is 0 Å². The maximum absolute atomic E-state index is 6.10. The van der Waals surface area contributed by atoms with Gasteiger partial charge in [-0.05, 0) is 145 Å². The molecule has 52 heavy (non-hydrogen) atoms. The number of furan rings is 1. The molecule has 0 unspecified atom stereocenters. The van der Waals surface area contributed by atoms with E-state index >= 15 is 0 Å². The van der Waals surface area contributed by atoms with Gasteiger partial charge in [0.25, 0.3) is 0 Å². The van der Waals surface area contributed by atoms with E-state index in [1.54, 1.807) is 0 Å². The molecule has 0 amide bonds. The lowest BCUT2D eigenvalue weighted by Gasteiger charge is -2.28. The maximum Gasteiger partial charge on any atom is 0.135 e. The number of nitrogens with zero attached hydrogens (tertiary/aromatic N) is 1. The summed E-state index contributed by atoms with van der Waals surface area (Å²) in [6.07, 6.45) is 0. The monoisotopic (exact) mass is 661 g/mol. The minimum absolute atomic E-state index is 0.912. The predicted molar refractivity (Wildman–Crippen MR) is 219 cm³/mol. The van der Waals surface area contributed by atoms with E-state index in [-0.39, 0.29) is 0 Å². The average Bonchev–Trinajstić information content (AvgIpc) is 3.59. The number of fused-ring (bicyclic) bond motifs is 9. The van der Waals surface area contributed by atoms with Crippen molar-refractivity contribution in [2.75, 3.05) is 4.90 Å². The molecule has 1 aliphatic carbocycles. The lowest BCUT2D eigenvalue weighted by Crippen LogP contribution is -2.10. The summed E-state index contributed by atoms with van der Waals surface area (Å²) >= 11 is 0. The lowest BCUT2D eigenvalue weighted by atomic mass is 9.78. The summed E-state index contributed by atoms with van der Waals surface area (Å²) < 4.78 is 6.10. The van der Waals surface area contributed by atoms with Crippen LogP contribution in [0.3, 0.4) is 0 Å². The van der Waals surface area contributed by atoms with Crippen LogP contribution in [0.25, 0.3) is 88.0 Å². The summed E-state index contributed by atoms with van der Waals surface area (Å²) in [5.74, 6) is 0. The molecule has 2 nitrogen and oxygen atoms in total. The summed E-state index contributed by atoms with van der Waals surface area (Å²) in [6.45, 7) is 0. The van der Waals surface area contributed by atoms with Gasteiger partial charge in [-0.2, -0.15) is 0 Å². The highest BCUT2D eigenvalue weighted by molar-refractivity contribution is 6.12. The van der Waals surface area contributed by atoms with E-state index in [0.29, 0.717) is 0 Å². The van der Waals surface area contributed by atoms with Crippen LogP contribution in [0.1, 0.15) is 0 Å². The highest BCUT2D eigenvalue weighted by Gasteiger charge is 2.24. The molecule has 0 saturated heterocycles. The Hall–Kier alpha value is -6.90.